The van der Waals surface area contributed by atoms with E-state index in [4.69, 9.17) is 0 Å². The van der Waals surface area contributed by atoms with E-state index >= 15 is 0 Å². The van der Waals surface area contributed by atoms with Gasteiger partial charge in [-0.2, -0.15) is 0 Å². The molecular formula is C20H29N3O3. The minimum absolute atomic E-state index is 0.0708. The van der Waals surface area contributed by atoms with Crippen molar-refractivity contribution in [1.29, 1.82) is 0 Å². The predicted octanol–water partition coefficient (Wildman–Crippen LogP) is 2.40. The van der Waals surface area contributed by atoms with Crippen molar-refractivity contribution in [1.82, 2.24) is 15.1 Å². The van der Waals surface area contributed by atoms with Gasteiger partial charge in [0.1, 0.15) is 0 Å². The van der Waals surface area contributed by atoms with Gasteiger partial charge in [-0.3, -0.25) is 19.3 Å². The van der Waals surface area contributed by atoms with E-state index in [0.717, 1.165) is 19.4 Å². The third-order valence-electron chi connectivity index (χ3n) is 4.44. The number of nitrogens with zero attached hydrogens (tertiary/aromatic N) is 2. The van der Waals surface area contributed by atoms with Gasteiger partial charge in [0.15, 0.2) is 0 Å². The lowest BCUT2D eigenvalue weighted by Crippen LogP contribution is -2.40. The third kappa shape index (κ3) is 4.49. The van der Waals surface area contributed by atoms with Gasteiger partial charge >= 0.3 is 0 Å². The van der Waals surface area contributed by atoms with Crippen LogP contribution in [0, 0.1) is 5.41 Å². The van der Waals surface area contributed by atoms with Gasteiger partial charge in [-0.25, -0.2) is 0 Å². The summed E-state index contributed by atoms with van der Waals surface area (Å²) in [5.41, 5.74) is 1.04. The summed E-state index contributed by atoms with van der Waals surface area (Å²) in [5.74, 6) is -0.801. The number of carbonyl (C=O) groups is 3. The summed E-state index contributed by atoms with van der Waals surface area (Å²) in [6.45, 7) is 7.97. The second-order valence-corrected chi connectivity index (χ2v) is 7.96. The fourth-order valence-corrected chi connectivity index (χ4v) is 3.28. The van der Waals surface area contributed by atoms with Crippen molar-refractivity contribution >= 4 is 17.7 Å². The number of carbonyl (C=O) groups excluding carboxylic acids is 3. The summed E-state index contributed by atoms with van der Waals surface area (Å²) in [6, 6.07) is 4.73. The molecule has 1 aliphatic heterocycles. The van der Waals surface area contributed by atoms with Crippen LogP contribution in [0.4, 0.5) is 0 Å². The van der Waals surface area contributed by atoms with Crippen LogP contribution < -0.4 is 5.32 Å². The first kappa shape index (κ1) is 20.1. The Labute approximate surface area is 155 Å². The minimum atomic E-state index is -0.305. The van der Waals surface area contributed by atoms with Crippen molar-refractivity contribution in [2.24, 2.45) is 5.41 Å². The highest BCUT2D eigenvalue weighted by Crippen LogP contribution is 2.24. The van der Waals surface area contributed by atoms with E-state index in [1.807, 2.05) is 21.0 Å². The highest BCUT2D eigenvalue weighted by atomic mass is 16.2. The average molecular weight is 359 g/mol. The zero-order valence-electron chi connectivity index (χ0n) is 16.4. The molecule has 2 rings (SSSR count). The highest BCUT2D eigenvalue weighted by molar-refractivity contribution is 6.22. The van der Waals surface area contributed by atoms with E-state index in [9.17, 15) is 14.4 Å². The van der Waals surface area contributed by atoms with Crippen molar-refractivity contribution in [3.63, 3.8) is 0 Å². The van der Waals surface area contributed by atoms with Crippen molar-refractivity contribution in [2.45, 2.75) is 33.6 Å². The molecule has 0 radical (unpaired) electrons. The molecule has 6 nitrogen and oxygen atoms in total. The van der Waals surface area contributed by atoms with Gasteiger partial charge in [-0.1, -0.05) is 27.2 Å². The molecule has 1 aromatic carbocycles. The van der Waals surface area contributed by atoms with Gasteiger partial charge in [0.2, 0.25) is 0 Å². The fraction of sp³-hybridized carbons (Fsp3) is 0.550. The maximum atomic E-state index is 12.5. The van der Waals surface area contributed by atoms with Crippen LogP contribution in [0.15, 0.2) is 18.2 Å². The molecule has 1 aromatic rings. The summed E-state index contributed by atoms with van der Waals surface area (Å²) in [5, 5.41) is 2.93. The zero-order chi connectivity index (χ0) is 19.5. The number of benzene rings is 1. The van der Waals surface area contributed by atoms with Crippen LogP contribution in [0.1, 0.15) is 64.7 Å². The molecule has 0 unspecified atom stereocenters. The Morgan fingerprint density at radius 2 is 1.81 bits per heavy atom. The molecule has 0 aliphatic carbocycles. The maximum Gasteiger partial charge on any atom is 0.261 e. The van der Waals surface area contributed by atoms with Gasteiger partial charge in [0.05, 0.1) is 11.1 Å². The standard InChI is InChI=1S/C20H29N3O3/c1-6-7-10-23-18(25)15-9-8-14(11-16(15)19(23)26)17(24)21-12-20(2,3)13-22(4)5/h8-9,11H,6-7,10,12-13H2,1-5H3,(H,21,24). The van der Waals surface area contributed by atoms with Crippen LogP contribution in [0.3, 0.4) is 0 Å². The number of imide groups is 1. The quantitative estimate of drug-likeness (QED) is 0.724. The number of unbranched alkanes of at least 4 members (excludes halogenated alkanes) is 1. The largest absolute Gasteiger partial charge is 0.351 e. The van der Waals surface area contributed by atoms with E-state index in [1.165, 1.54) is 11.0 Å². The molecule has 0 atom stereocenters. The van der Waals surface area contributed by atoms with Crippen molar-refractivity contribution in [2.75, 3.05) is 33.7 Å². The van der Waals surface area contributed by atoms with Gasteiger partial charge in [0, 0.05) is 25.2 Å². The van der Waals surface area contributed by atoms with E-state index < -0.39 is 0 Å². The monoisotopic (exact) mass is 359 g/mol. The molecule has 0 fully saturated rings. The highest BCUT2D eigenvalue weighted by Gasteiger charge is 2.35. The van der Waals surface area contributed by atoms with E-state index in [-0.39, 0.29) is 23.1 Å². The van der Waals surface area contributed by atoms with Gasteiger partial charge in [0.25, 0.3) is 17.7 Å². The molecule has 3 amide bonds. The first-order valence-corrected chi connectivity index (χ1v) is 9.09. The lowest BCUT2D eigenvalue weighted by atomic mass is 9.93. The molecule has 0 saturated heterocycles. The van der Waals surface area contributed by atoms with Crippen LogP contribution in [-0.2, 0) is 0 Å². The van der Waals surface area contributed by atoms with Crippen molar-refractivity contribution in [3.8, 4) is 0 Å². The summed E-state index contributed by atoms with van der Waals surface area (Å²) in [4.78, 5) is 40.7. The van der Waals surface area contributed by atoms with Crippen LogP contribution in [0.25, 0.3) is 0 Å². The molecular weight excluding hydrogens is 330 g/mol. The molecule has 1 N–H and O–H groups in total. The Bertz CT molecular complexity index is 710. The number of hydrogen-bond donors (Lipinski definition) is 1. The second kappa shape index (κ2) is 7.99. The Morgan fingerprint density at radius 3 is 2.42 bits per heavy atom. The fourth-order valence-electron chi connectivity index (χ4n) is 3.28. The van der Waals surface area contributed by atoms with Crippen LogP contribution in [0.5, 0.6) is 0 Å². The first-order chi connectivity index (χ1) is 12.2. The number of fused-ring (bicyclic) bond motifs is 1. The smallest absolute Gasteiger partial charge is 0.261 e. The normalized spacial score (nSPS) is 14.2. The average Bonchev–Trinajstić information content (AvgIpc) is 2.80. The molecule has 1 aliphatic rings. The maximum absolute atomic E-state index is 12.5. The number of rotatable bonds is 8. The predicted molar refractivity (Wildman–Crippen MR) is 101 cm³/mol. The van der Waals surface area contributed by atoms with E-state index in [0.29, 0.717) is 29.8 Å². The Hall–Kier alpha value is -2.21. The minimum Gasteiger partial charge on any atom is -0.351 e. The molecule has 1 heterocycles. The molecule has 0 bridgehead atoms. The summed E-state index contributed by atoms with van der Waals surface area (Å²) < 4.78 is 0. The second-order valence-electron chi connectivity index (χ2n) is 7.96. The number of amides is 3. The SMILES string of the molecule is CCCCN1C(=O)c2ccc(C(=O)NCC(C)(C)CN(C)C)cc2C1=O. The molecule has 142 valence electrons. The van der Waals surface area contributed by atoms with Crippen molar-refractivity contribution < 1.29 is 14.4 Å². The van der Waals surface area contributed by atoms with Gasteiger partial charge in [-0.15, -0.1) is 0 Å². The topological polar surface area (TPSA) is 69.7 Å². The van der Waals surface area contributed by atoms with E-state index in [1.54, 1.807) is 12.1 Å². The third-order valence-corrected chi connectivity index (χ3v) is 4.44. The molecule has 0 spiro atoms. The number of nitrogens with one attached hydrogen (secondary N) is 1. The molecule has 0 saturated carbocycles. The van der Waals surface area contributed by atoms with Crippen molar-refractivity contribution in [3.05, 3.63) is 34.9 Å². The summed E-state index contributed by atoms with van der Waals surface area (Å²) in [6.07, 6.45) is 1.68. The van der Waals surface area contributed by atoms with Gasteiger partial charge in [-0.05, 0) is 44.1 Å². The zero-order valence-corrected chi connectivity index (χ0v) is 16.4. The van der Waals surface area contributed by atoms with Crippen LogP contribution in [-0.4, -0.2) is 61.3 Å². The summed E-state index contributed by atoms with van der Waals surface area (Å²) >= 11 is 0. The molecule has 6 heteroatoms. The first-order valence-electron chi connectivity index (χ1n) is 9.09. The lowest BCUT2D eigenvalue weighted by molar-refractivity contribution is 0.0652. The Kier molecular flexibility index (Phi) is 6.18. The number of hydrogen-bond acceptors (Lipinski definition) is 4. The summed E-state index contributed by atoms with van der Waals surface area (Å²) in [7, 11) is 3.99. The van der Waals surface area contributed by atoms with Crippen LogP contribution >= 0.6 is 0 Å². The van der Waals surface area contributed by atoms with Gasteiger partial charge < -0.3 is 10.2 Å². The molecule has 0 aromatic heterocycles. The Balaban J connectivity index is 2.10. The Morgan fingerprint density at radius 1 is 1.15 bits per heavy atom. The van der Waals surface area contributed by atoms with Crippen LogP contribution in [0.2, 0.25) is 0 Å². The molecule has 26 heavy (non-hydrogen) atoms. The van der Waals surface area contributed by atoms with E-state index in [2.05, 4.69) is 24.1 Å². The lowest BCUT2D eigenvalue weighted by Gasteiger charge is -2.28.